The Kier molecular flexibility index (Phi) is 24.6. The van der Waals surface area contributed by atoms with Gasteiger partial charge in [-0.2, -0.15) is 0 Å². The van der Waals surface area contributed by atoms with Gasteiger partial charge in [0.25, 0.3) is 0 Å². The van der Waals surface area contributed by atoms with Crippen LogP contribution in [0.1, 0.15) is 160 Å². The molecule has 0 saturated carbocycles. The first-order valence-corrected chi connectivity index (χ1v) is 19.3. The molecule has 2 aromatic carbocycles. The fraction of sp³-hybridized carbons (Fsp3) is 0.610. The molecule has 0 N–H and O–H groups in total. The summed E-state index contributed by atoms with van der Waals surface area (Å²) in [4.78, 5) is 3.46. The maximum absolute atomic E-state index is 9.66. The van der Waals surface area contributed by atoms with Gasteiger partial charge in [-0.1, -0.05) is 134 Å². The molecule has 3 heteroatoms. The molecule has 0 aromatic heterocycles. The summed E-state index contributed by atoms with van der Waals surface area (Å²) in [7, 11) is 0. The first kappa shape index (κ1) is 39.9. The van der Waals surface area contributed by atoms with E-state index in [1.807, 2.05) is 14.4 Å². The molecule has 0 heterocycles. The van der Waals surface area contributed by atoms with Crippen molar-refractivity contribution in [1.29, 1.82) is 0 Å². The molecule has 0 aliphatic heterocycles. The van der Waals surface area contributed by atoms with E-state index in [0.29, 0.717) is 0 Å². The van der Waals surface area contributed by atoms with Crippen molar-refractivity contribution in [2.75, 3.05) is 0 Å². The van der Waals surface area contributed by atoms with Crippen LogP contribution >= 0.6 is 0 Å². The number of rotatable bonds is 22. The van der Waals surface area contributed by atoms with Gasteiger partial charge in [-0.05, 0) is 84.8 Å². The van der Waals surface area contributed by atoms with Crippen LogP contribution in [0.3, 0.4) is 0 Å². The van der Waals surface area contributed by atoms with Crippen molar-refractivity contribution in [1.82, 2.24) is 0 Å². The zero-order valence-electron chi connectivity index (χ0n) is 29.3. The van der Waals surface area contributed by atoms with E-state index in [0.717, 1.165) is 50.5 Å². The molecular formula is C41H64N2Ni. The van der Waals surface area contributed by atoms with Gasteiger partial charge >= 0.3 is 44.9 Å². The molecule has 0 aliphatic carbocycles. The van der Waals surface area contributed by atoms with Crippen molar-refractivity contribution in [3.8, 4) is 0 Å². The molecule has 2 aromatic rings. The zero-order valence-corrected chi connectivity index (χ0v) is 30.3. The molecule has 44 heavy (non-hydrogen) atoms. The number of aryl methyl sites for hydroxylation is 2. The molecule has 0 radical (unpaired) electrons. The zero-order chi connectivity index (χ0) is 32.3. The summed E-state index contributed by atoms with van der Waals surface area (Å²) in [5.41, 5.74) is 18.7. The van der Waals surface area contributed by atoms with Crippen LogP contribution in [0.4, 0.5) is 0 Å². The van der Waals surface area contributed by atoms with Gasteiger partial charge in [0.05, 0.1) is 5.57 Å². The van der Waals surface area contributed by atoms with Crippen molar-refractivity contribution < 1.29 is 19.2 Å². The van der Waals surface area contributed by atoms with E-state index < -0.39 is 0 Å². The second-order valence-corrected chi connectivity index (χ2v) is 13.6. The Hall–Kier alpha value is -2.17. The Balaban J connectivity index is 0.00000178. The molecule has 0 unspecified atom stereocenters. The first-order valence-electron chi connectivity index (χ1n) is 17.9. The molecule has 0 spiro atoms. The van der Waals surface area contributed by atoms with E-state index in [4.69, 9.17) is 0 Å². The van der Waals surface area contributed by atoms with E-state index in [-0.39, 0.29) is 0 Å². The minimum absolute atomic E-state index is 0.902. The van der Waals surface area contributed by atoms with Crippen LogP contribution in [0.5, 0.6) is 0 Å². The molecule has 0 saturated heterocycles. The van der Waals surface area contributed by atoms with Gasteiger partial charge in [-0.3, -0.25) is 0 Å². The van der Waals surface area contributed by atoms with Gasteiger partial charge in [0.1, 0.15) is 0 Å². The van der Waals surface area contributed by atoms with E-state index in [2.05, 4.69) is 101 Å². The Labute approximate surface area is 278 Å². The monoisotopic (exact) mass is 642 g/mol. The first-order chi connectivity index (χ1) is 21.6. The number of nitrogens with zero attached hydrogens (tertiary/aromatic N) is 2. The number of unbranched alkanes of at least 4 members (excludes halogenated alkanes) is 9. The average Bonchev–Trinajstić information content (AvgIpc) is 3.04. The number of hydrogen-bond acceptors (Lipinski definition) is 0. The second kappa shape index (κ2) is 27.2. The SMILES string of the molecule is CCCCCCC(=C=[N+]=[N-])C(CCCC)=C(c1cccc(CCCCC)c1)c1cccc(CCCCCC)c1.C[CH2][Ni][CH2]C. The summed E-state index contributed by atoms with van der Waals surface area (Å²) in [6.07, 6.45) is 20.0. The van der Waals surface area contributed by atoms with Crippen molar-refractivity contribution in [3.05, 3.63) is 87.5 Å². The Morgan fingerprint density at radius 3 is 1.59 bits per heavy atom. The van der Waals surface area contributed by atoms with Crippen LogP contribution in [0.15, 0.2) is 59.7 Å². The predicted molar refractivity (Wildman–Crippen MR) is 191 cm³/mol. The molecule has 248 valence electrons. The summed E-state index contributed by atoms with van der Waals surface area (Å²) in [6, 6.07) is 18.4. The number of benzene rings is 2. The molecule has 0 fully saturated rings. The molecular weight excluding hydrogens is 579 g/mol. The quantitative estimate of drug-likeness (QED) is 0.0306. The van der Waals surface area contributed by atoms with Crippen LogP contribution in [0, 0.1) is 0 Å². The number of allylic oxidation sites excluding steroid dienone is 2. The van der Waals surface area contributed by atoms with Crippen LogP contribution in [-0.2, 0) is 27.3 Å². The molecule has 0 aliphatic rings. The van der Waals surface area contributed by atoms with Crippen LogP contribution in [0.2, 0.25) is 10.8 Å². The summed E-state index contributed by atoms with van der Waals surface area (Å²) in [6.45, 7) is 13.4. The van der Waals surface area contributed by atoms with Crippen LogP contribution < -0.4 is 0 Å². The third-order valence-electron chi connectivity index (χ3n) is 8.05. The summed E-state index contributed by atoms with van der Waals surface area (Å²) >= 11 is 1.82. The normalized spacial score (nSPS) is 11.3. The van der Waals surface area contributed by atoms with Crippen molar-refractivity contribution in [3.63, 3.8) is 0 Å². The molecule has 0 amide bonds. The fourth-order valence-corrected chi connectivity index (χ4v) is 6.11. The third-order valence-corrected chi connectivity index (χ3v) is 9.03. The van der Waals surface area contributed by atoms with E-state index in [9.17, 15) is 5.53 Å². The van der Waals surface area contributed by atoms with Crippen molar-refractivity contribution >= 4 is 11.4 Å². The topological polar surface area (TPSA) is 36.4 Å². The van der Waals surface area contributed by atoms with Crippen LogP contribution in [0.25, 0.3) is 11.1 Å². The van der Waals surface area contributed by atoms with Gasteiger partial charge < -0.3 is 5.53 Å². The number of hydrogen-bond donors (Lipinski definition) is 0. The fourth-order valence-electron chi connectivity index (χ4n) is 5.62. The van der Waals surface area contributed by atoms with Gasteiger partial charge in [0.15, 0.2) is 0 Å². The summed E-state index contributed by atoms with van der Waals surface area (Å²) < 4.78 is 0. The second-order valence-electron chi connectivity index (χ2n) is 11.7. The van der Waals surface area contributed by atoms with Gasteiger partial charge in [0, 0.05) is 0 Å². The molecule has 0 bridgehead atoms. The van der Waals surface area contributed by atoms with Crippen molar-refractivity contribution in [2.45, 2.75) is 161 Å². The van der Waals surface area contributed by atoms with E-state index >= 15 is 0 Å². The Morgan fingerprint density at radius 1 is 0.614 bits per heavy atom. The minimum atomic E-state index is 0.902. The van der Waals surface area contributed by atoms with E-state index in [1.165, 1.54) is 108 Å². The average molecular weight is 644 g/mol. The molecule has 2 rings (SSSR count). The predicted octanol–water partition coefficient (Wildman–Crippen LogP) is 13.3. The third kappa shape index (κ3) is 16.8. The van der Waals surface area contributed by atoms with E-state index in [1.54, 1.807) is 0 Å². The van der Waals surface area contributed by atoms with Crippen LogP contribution in [-0.4, -0.2) is 10.7 Å². The Bertz CT molecular complexity index is 1130. The van der Waals surface area contributed by atoms with Gasteiger partial charge in [-0.15, -0.1) is 4.79 Å². The molecule has 0 atom stereocenters. The maximum atomic E-state index is 9.66. The summed E-state index contributed by atoms with van der Waals surface area (Å²) in [5.74, 6) is 3.05. The molecule has 2 nitrogen and oxygen atoms in total. The Morgan fingerprint density at radius 2 is 1.11 bits per heavy atom. The standard InChI is InChI=1S/C37H54N2.2C2H5.Ni/c1-5-9-13-16-21-32-23-19-26-34(29-32)37(33-25-18-22-31(28-33)20-15-11-7-3)36(27-12-8-4)35(30-39-38)24-17-14-10-6-2;2*1-2;/h18-19,22-23,25-26,28-29H,5-17,20-21,24,27H2,1-4H3;2*1H2,2H3;. The van der Waals surface area contributed by atoms with Gasteiger partial charge in [0.2, 0.25) is 0 Å². The summed E-state index contributed by atoms with van der Waals surface area (Å²) in [5, 5.41) is 2.56. The van der Waals surface area contributed by atoms with Crippen molar-refractivity contribution in [2.24, 2.45) is 0 Å². The van der Waals surface area contributed by atoms with Gasteiger partial charge in [-0.25, -0.2) is 0 Å².